The molecule has 1 unspecified atom stereocenters. The first kappa shape index (κ1) is 18.8. The highest BCUT2D eigenvalue weighted by Crippen LogP contribution is 2.27. The first-order valence-corrected chi connectivity index (χ1v) is 8.99. The van der Waals surface area contributed by atoms with Gasteiger partial charge in [0, 0.05) is 17.0 Å². The fraction of sp³-hybridized carbons (Fsp3) is 0.318. The maximum absolute atomic E-state index is 12.7. The molecule has 0 saturated heterocycles. The van der Waals surface area contributed by atoms with E-state index in [2.05, 4.69) is 19.2 Å². The van der Waals surface area contributed by atoms with Gasteiger partial charge in [-0.15, -0.1) is 0 Å². The van der Waals surface area contributed by atoms with E-state index >= 15 is 0 Å². The van der Waals surface area contributed by atoms with E-state index in [1.807, 2.05) is 42.5 Å². The number of furan rings is 1. The van der Waals surface area contributed by atoms with Crippen LogP contribution in [0.2, 0.25) is 0 Å². The largest absolute Gasteiger partial charge is 0.497 e. The fourth-order valence-corrected chi connectivity index (χ4v) is 3.17. The average molecular weight is 367 g/mol. The normalized spacial score (nSPS) is 12.2. The number of fused-ring (bicyclic) bond motifs is 1. The average Bonchev–Trinajstić information content (AvgIpc) is 3.07. The van der Waals surface area contributed by atoms with Crippen molar-refractivity contribution in [1.82, 2.24) is 5.32 Å². The Balaban J connectivity index is 1.74. The molecule has 0 aliphatic rings. The van der Waals surface area contributed by atoms with Gasteiger partial charge in [0.2, 0.25) is 5.91 Å². The van der Waals surface area contributed by atoms with Gasteiger partial charge in [-0.3, -0.25) is 4.79 Å². The lowest BCUT2D eigenvalue weighted by Gasteiger charge is -2.23. The third-order valence-corrected chi connectivity index (χ3v) is 4.67. The van der Waals surface area contributed by atoms with Gasteiger partial charge in [0.05, 0.1) is 32.9 Å². The number of rotatable bonds is 7. The summed E-state index contributed by atoms with van der Waals surface area (Å²) in [6.45, 7) is 4.18. The summed E-state index contributed by atoms with van der Waals surface area (Å²) in [5.74, 6) is 1.75. The lowest BCUT2D eigenvalue weighted by atomic mass is 9.95. The monoisotopic (exact) mass is 367 g/mol. The maximum atomic E-state index is 12.7. The van der Waals surface area contributed by atoms with Gasteiger partial charge in [0.1, 0.15) is 17.1 Å². The van der Waals surface area contributed by atoms with E-state index in [1.54, 1.807) is 20.5 Å². The highest BCUT2D eigenvalue weighted by molar-refractivity contribution is 5.88. The van der Waals surface area contributed by atoms with Crippen LogP contribution in [0.4, 0.5) is 0 Å². The summed E-state index contributed by atoms with van der Waals surface area (Å²) in [6, 6.07) is 13.3. The number of carbonyl (C=O) groups is 1. The number of nitrogens with one attached hydrogen (secondary N) is 1. The molecule has 142 valence electrons. The zero-order valence-corrected chi connectivity index (χ0v) is 16.1. The predicted molar refractivity (Wildman–Crippen MR) is 105 cm³/mol. The Bertz CT molecular complexity index is 912. The Morgan fingerprint density at radius 1 is 1.04 bits per heavy atom. The van der Waals surface area contributed by atoms with E-state index in [-0.39, 0.29) is 24.3 Å². The summed E-state index contributed by atoms with van der Waals surface area (Å²) >= 11 is 0. The molecule has 0 fully saturated rings. The molecule has 1 atom stereocenters. The molecule has 0 aliphatic heterocycles. The van der Waals surface area contributed by atoms with Gasteiger partial charge in [-0.25, -0.2) is 0 Å². The van der Waals surface area contributed by atoms with Crippen LogP contribution in [0.15, 0.2) is 53.1 Å². The smallest absolute Gasteiger partial charge is 0.225 e. The van der Waals surface area contributed by atoms with Crippen molar-refractivity contribution in [3.8, 4) is 11.5 Å². The molecule has 5 nitrogen and oxygen atoms in total. The van der Waals surface area contributed by atoms with Gasteiger partial charge in [-0.05, 0) is 35.7 Å². The van der Waals surface area contributed by atoms with Gasteiger partial charge in [0.15, 0.2) is 0 Å². The number of carbonyl (C=O) groups excluding carboxylic acids is 1. The Morgan fingerprint density at radius 3 is 2.33 bits per heavy atom. The van der Waals surface area contributed by atoms with Crippen LogP contribution in [0.5, 0.6) is 11.5 Å². The summed E-state index contributed by atoms with van der Waals surface area (Å²) in [7, 11) is 3.26. The van der Waals surface area contributed by atoms with E-state index in [9.17, 15) is 4.79 Å². The second-order valence-electron chi connectivity index (χ2n) is 6.86. The lowest BCUT2D eigenvalue weighted by Crippen LogP contribution is -2.32. The molecule has 1 aromatic heterocycles. The van der Waals surface area contributed by atoms with Gasteiger partial charge in [-0.2, -0.15) is 0 Å². The topological polar surface area (TPSA) is 60.7 Å². The van der Waals surface area contributed by atoms with Crippen molar-refractivity contribution in [2.75, 3.05) is 14.2 Å². The van der Waals surface area contributed by atoms with Crippen molar-refractivity contribution in [2.45, 2.75) is 26.3 Å². The summed E-state index contributed by atoms with van der Waals surface area (Å²) in [6.07, 6.45) is 1.90. The molecule has 1 heterocycles. The van der Waals surface area contributed by atoms with Crippen molar-refractivity contribution < 1.29 is 18.7 Å². The molecule has 0 spiro atoms. The molecule has 3 aromatic rings. The molecule has 27 heavy (non-hydrogen) atoms. The molecule has 1 N–H and O–H groups in total. The number of benzene rings is 2. The van der Waals surface area contributed by atoms with Crippen LogP contribution < -0.4 is 14.8 Å². The van der Waals surface area contributed by atoms with E-state index in [1.165, 1.54) is 0 Å². The van der Waals surface area contributed by atoms with Crippen molar-refractivity contribution in [2.24, 2.45) is 5.92 Å². The standard InChI is InChI=1S/C22H25NO4/c1-14(2)22(15-5-7-17(25-3)8-6-15)23-21(24)11-16-13-27-20-12-18(26-4)9-10-19(16)20/h5-10,12-14,22H,11H2,1-4H3,(H,23,24). The van der Waals surface area contributed by atoms with Crippen molar-refractivity contribution in [3.05, 3.63) is 59.9 Å². The molecule has 1 amide bonds. The quantitative estimate of drug-likeness (QED) is 0.668. The van der Waals surface area contributed by atoms with Crippen molar-refractivity contribution in [3.63, 3.8) is 0 Å². The summed E-state index contributed by atoms with van der Waals surface area (Å²) in [5, 5.41) is 4.08. The molecule has 2 aromatic carbocycles. The highest BCUT2D eigenvalue weighted by atomic mass is 16.5. The number of ether oxygens (including phenoxy) is 2. The zero-order valence-electron chi connectivity index (χ0n) is 16.1. The molecule has 0 saturated carbocycles. The predicted octanol–water partition coefficient (Wildman–Crippen LogP) is 4.51. The Morgan fingerprint density at radius 2 is 1.70 bits per heavy atom. The molecule has 5 heteroatoms. The summed E-state index contributed by atoms with van der Waals surface area (Å²) < 4.78 is 16.0. The number of hydrogen-bond donors (Lipinski definition) is 1. The van der Waals surface area contributed by atoms with Gasteiger partial charge in [0.25, 0.3) is 0 Å². The minimum atomic E-state index is -0.0679. The summed E-state index contributed by atoms with van der Waals surface area (Å²) in [4.78, 5) is 12.7. The second kappa shape index (κ2) is 8.16. The molecule has 0 radical (unpaired) electrons. The van der Waals surface area contributed by atoms with Crippen LogP contribution in [0.25, 0.3) is 11.0 Å². The molecule has 3 rings (SSSR count). The van der Waals surface area contributed by atoms with Gasteiger partial charge >= 0.3 is 0 Å². The molecule has 0 bridgehead atoms. The van der Waals surface area contributed by atoms with E-state index < -0.39 is 0 Å². The highest BCUT2D eigenvalue weighted by Gasteiger charge is 2.20. The Kier molecular flexibility index (Phi) is 5.69. The fourth-order valence-electron chi connectivity index (χ4n) is 3.17. The van der Waals surface area contributed by atoms with Gasteiger partial charge < -0.3 is 19.2 Å². The van der Waals surface area contributed by atoms with E-state index in [4.69, 9.17) is 13.9 Å². The van der Waals surface area contributed by atoms with Crippen molar-refractivity contribution in [1.29, 1.82) is 0 Å². The molecule has 0 aliphatic carbocycles. The first-order chi connectivity index (χ1) is 13.0. The van der Waals surface area contributed by atoms with Gasteiger partial charge in [-0.1, -0.05) is 26.0 Å². The van der Waals surface area contributed by atoms with Crippen LogP contribution >= 0.6 is 0 Å². The third-order valence-electron chi connectivity index (χ3n) is 4.67. The maximum Gasteiger partial charge on any atom is 0.225 e. The van der Waals surface area contributed by atoms with E-state index in [0.717, 1.165) is 28.0 Å². The molecular formula is C22H25NO4. The van der Waals surface area contributed by atoms with Crippen LogP contribution in [-0.4, -0.2) is 20.1 Å². The molecular weight excluding hydrogens is 342 g/mol. The number of amides is 1. The van der Waals surface area contributed by atoms with Crippen LogP contribution in [0.1, 0.15) is 31.0 Å². The lowest BCUT2D eigenvalue weighted by molar-refractivity contribution is -0.121. The third kappa shape index (κ3) is 4.25. The minimum absolute atomic E-state index is 0.0389. The SMILES string of the molecule is COc1ccc(C(NC(=O)Cc2coc3cc(OC)ccc23)C(C)C)cc1. The number of methoxy groups -OCH3 is 2. The summed E-state index contributed by atoms with van der Waals surface area (Å²) in [5.41, 5.74) is 2.64. The number of hydrogen-bond acceptors (Lipinski definition) is 4. The van der Waals surface area contributed by atoms with E-state index in [0.29, 0.717) is 5.58 Å². The van der Waals surface area contributed by atoms with Crippen LogP contribution in [0.3, 0.4) is 0 Å². The van der Waals surface area contributed by atoms with Crippen molar-refractivity contribution >= 4 is 16.9 Å². The zero-order chi connectivity index (χ0) is 19.4. The second-order valence-corrected chi connectivity index (χ2v) is 6.86. The van der Waals surface area contributed by atoms with Crippen LogP contribution in [0, 0.1) is 5.92 Å². The Hall–Kier alpha value is -2.95. The van der Waals surface area contributed by atoms with Crippen LogP contribution in [-0.2, 0) is 11.2 Å². The minimum Gasteiger partial charge on any atom is -0.497 e. The first-order valence-electron chi connectivity index (χ1n) is 8.99. The Labute approximate surface area is 159 Å².